The quantitative estimate of drug-likeness (QED) is 0.302. The van der Waals surface area contributed by atoms with Gasteiger partial charge in [-0.3, -0.25) is 0 Å². The summed E-state index contributed by atoms with van der Waals surface area (Å²) in [5, 5.41) is 0. The van der Waals surface area contributed by atoms with Gasteiger partial charge in [0.2, 0.25) is 5.69 Å². The third-order valence-corrected chi connectivity index (χ3v) is 8.51. The maximum absolute atomic E-state index is 5.97. The highest BCUT2D eigenvalue weighted by Crippen LogP contribution is 2.62. The van der Waals surface area contributed by atoms with Gasteiger partial charge in [0.25, 0.3) is 0 Å². The number of hydrogen-bond donors (Lipinski definition) is 0. The van der Waals surface area contributed by atoms with Gasteiger partial charge in [0.15, 0.2) is 0 Å². The van der Waals surface area contributed by atoms with Gasteiger partial charge >= 0.3 is 0 Å². The lowest BCUT2D eigenvalue weighted by molar-refractivity contribution is 0.250. The summed E-state index contributed by atoms with van der Waals surface area (Å²) in [6.45, 7) is 12.6. The maximum atomic E-state index is 5.97. The zero-order valence-electron chi connectivity index (χ0n) is 13.9. The van der Waals surface area contributed by atoms with Crippen LogP contribution in [-0.2, 0) is 20.9 Å². The Morgan fingerprint density at radius 1 is 0.900 bits per heavy atom. The van der Waals surface area contributed by atoms with Gasteiger partial charge in [-0.1, -0.05) is 71.7 Å². The highest BCUT2D eigenvalue weighted by Gasteiger charge is 2.23. The van der Waals surface area contributed by atoms with Crippen LogP contribution in [-0.4, -0.2) is 19.0 Å². The fourth-order valence-electron chi connectivity index (χ4n) is 1.44. The molecule has 0 rings (SSSR count). The molecule has 0 aliphatic rings. The van der Waals surface area contributed by atoms with Crippen molar-refractivity contribution in [3.05, 3.63) is 0 Å². The first-order valence-electron chi connectivity index (χ1n) is 7.86. The van der Waals surface area contributed by atoms with Crippen molar-refractivity contribution in [1.29, 1.82) is 0 Å². The first kappa shape index (κ1) is 20.9. The molecule has 0 aromatic carbocycles. The van der Waals surface area contributed by atoms with E-state index >= 15 is 0 Å². The molecule has 0 aliphatic heterocycles. The number of hydrogen-bond acceptors (Lipinski definition) is 4. The highest BCUT2D eigenvalue weighted by molar-refractivity contribution is 8.67. The van der Waals surface area contributed by atoms with Crippen molar-refractivity contribution < 1.29 is 9.05 Å². The second-order valence-corrected chi connectivity index (χ2v) is 12.7. The SMILES string of the molecule is CCCCCOP(=S)(OCCCCC)SCC(C)(C)C. The number of rotatable bonds is 12. The lowest BCUT2D eigenvalue weighted by Gasteiger charge is -2.25. The molecule has 0 fully saturated rings. The van der Waals surface area contributed by atoms with Crippen molar-refractivity contribution in [2.24, 2.45) is 5.41 Å². The molecule has 0 bridgehead atoms. The van der Waals surface area contributed by atoms with Gasteiger partial charge in [0, 0.05) is 5.75 Å². The lowest BCUT2D eigenvalue weighted by atomic mass is 10.0. The van der Waals surface area contributed by atoms with Crippen LogP contribution in [0.5, 0.6) is 0 Å². The van der Waals surface area contributed by atoms with E-state index in [0.717, 1.165) is 31.8 Å². The monoisotopic (exact) mass is 340 g/mol. The molecule has 0 saturated heterocycles. The Balaban J connectivity index is 4.23. The summed E-state index contributed by atoms with van der Waals surface area (Å²) in [6, 6.07) is 0. The van der Waals surface area contributed by atoms with E-state index < -0.39 is 5.69 Å². The Morgan fingerprint density at radius 3 is 1.70 bits per heavy atom. The predicted molar refractivity (Wildman–Crippen MR) is 97.2 cm³/mol. The van der Waals surface area contributed by atoms with Crippen LogP contribution in [0.4, 0.5) is 0 Å². The molecule has 0 aromatic rings. The first-order valence-corrected chi connectivity index (χ1v) is 12.1. The standard InChI is InChI=1S/C15H33O2PS2/c1-6-8-10-12-16-18(19,17-13-11-9-7-2)20-14-15(3,4)5/h6-14H2,1-5H3. The van der Waals surface area contributed by atoms with E-state index in [1.54, 1.807) is 11.4 Å². The lowest BCUT2D eigenvalue weighted by Crippen LogP contribution is -2.09. The van der Waals surface area contributed by atoms with Gasteiger partial charge in [-0.2, -0.15) is 0 Å². The smallest absolute Gasteiger partial charge is 0.247 e. The van der Waals surface area contributed by atoms with Gasteiger partial charge in [-0.25, -0.2) is 0 Å². The molecular formula is C15H33O2PS2. The molecule has 0 aromatic heterocycles. The Hall–Kier alpha value is 0.920. The molecule has 0 aliphatic carbocycles. The second-order valence-electron chi connectivity index (χ2n) is 6.36. The van der Waals surface area contributed by atoms with E-state index in [4.69, 9.17) is 20.9 Å². The van der Waals surface area contributed by atoms with E-state index in [-0.39, 0.29) is 5.41 Å². The predicted octanol–water partition coefficient (Wildman–Crippen LogP) is 6.40. The average Bonchev–Trinajstić information content (AvgIpc) is 2.37. The third-order valence-electron chi connectivity index (χ3n) is 2.65. The molecule has 2 nitrogen and oxygen atoms in total. The van der Waals surface area contributed by atoms with Crippen molar-refractivity contribution >= 4 is 28.9 Å². The summed E-state index contributed by atoms with van der Waals surface area (Å²) >= 11 is 7.43. The zero-order valence-corrected chi connectivity index (χ0v) is 16.5. The second kappa shape index (κ2) is 11.5. The summed E-state index contributed by atoms with van der Waals surface area (Å²) in [7, 11) is 0. The van der Waals surface area contributed by atoms with Crippen molar-refractivity contribution in [1.82, 2.24) is 0 Å². The van der Waals surface area contributed by atoms with Crippen LogP contribution in [0.15, 0.2) is 0 Å². The van der Waals surface area contributed by atoms with Crippen LogP contribution in [0.2, 0.25) is 0 Å². The molecule has 0 heterocycles. The minimum Gasteiger partial charge on any atom is -0.322 e. The Kier molecular flexibility index (Phi) is 12.0. The molecular weight excluding hydrogens is 307 g/mol. The Bertz CT molecular complexity index is 262. The topological polar surface area (TPSA) is 18.5 Å². The van der Waals surface area contributed by atoms with E-state index in [0.29, 0.717) is 0 Å². The summed E-state index contributed by atoms with van der Waals surface area (Å²) in [5.74, 6) is 0.992. The van der Waals surface area contributed by atoms with Gasteiger partial charge in [-0.15, -0.1) is 0 Å². The molecule has 0 saturated carbocycles. The summed E-state index contributed by atoms with van der Waals surface area (Å²) in [6.07, 6.45) is 6.99. The first-order chi connectivity index (χ1) is 9.33. The van der Waals surface area contributed by atoms with E-state index in [2.05, 4.69) is 34.6 Å². The molecule has 0 amide bonds. The van der Waals surface area contributed by atoms with Crippen molar-refractivity contribution in [2.75, 3.05) is 19.0 Å². The van der Waals surface area contributed by atoms with Gasteiger partial charge in [0.05, 0.1) is 13.2 Å². The van der Waals surface area contributed by atoms with Gasteiger partial charge < -0.3 is 9.05 Å². The molecule has 0 spiro atoms. The maximum Gasteiger partial charge on any atom is 0.247 e. The van der Waals surface area contributed by atoms with Crippen LogP contribution in [0.1, 0.15) is 73.1 Å². The molecule has 0 N–H and O–H groups in total. The van der Waals surface area contributed by atoms with Crippen LogP contribution < -0.4 is 0 Å². The van der Waals surface area contributed by atoms with Gasteiger partial charge in [0.1, 0.15) is 0 Å². The van der Waals surface area contributed by atoms with Crippen LogP contribution in [0.25, 0.3) is 0 Å². The summed E-state index contributed by atoms with van der Waals surface area (Å²) in [4.78, 5) is 0. The minimum atomic E-state index is -2.15. The summed E-state index contributed by atoms with van der Waals surface area (Å²) < 4.78 is 11.9. The fourth-order valence-corrected chi connectivity index (χ4v) is 6.37. The average molecular weight is 341 g/mol. The summed E-state index contributed by atoms with van der Waals surface area (Å²) in [5.41, 5.74) is -1.89. The van der Waals surface area contributed by atoms with E-state index in [1.165, 1.54) is 25.7 Å². The molecule has 0 unspecified atom stereocenters. The molecule has 0 atom stereocenters. The van der Waals surface area contributed by atoms with E-state index in [9.17, 15) is 0 Å². The minimum absolute atomic E-state index is 0.258. The van der Waals surface area contributed by atoms with Gasteiger partial charge in [-0.05, 0) is 30.1 Å². The molecule has 5 heteroatoms. The molecule has 20 heavy (non-hydrogen) atoms. The van der Waals surface area contributed by atoms with Crippen molar-refractivity contribution in [3.63, 3.8) is 0 Å². The van der Waals surface area contributed by atoms with Crippen molar-refractivity contribution in [3.8, 4) is 0 Å². The molecule has 122 valence electrons. The fraction of sp³-hybridized carbons (Fsp3) is 1.00. The Morgan fingerprint density at radius 2 is 1.35 bits per heavy atom. The van der Waals surface area contributed by atoms with Crippen LogP contribution >= 0.6 is 17.1 Å². The zero-order chi connectivity index (χ0) is 15.5. The number of unbranched alkanes of at least 4 members (excludes halogenated alkanes) is 4. The van der Waals surface area contributed by atoms with Crippen molar-refractivity contribution in [2.45, 2.75) is 73.1 Å². The van der Waals surface area contributed by atoms with Crippen LogP contribution in [0, 0.1) is 5.41 Å². The van der Waals surface area contributed by atoms with E-state index in [1.807, 2.05) is 0 Å². The third kappa shape index (κ3) is 12.6. The molecule has 0 radical (unpaired) electrons. The largest absolute Gasteiger partial charge is 0.322 e. The Labute approximate surface area is 135 Å². The highest BCUT2D eigenvalue weighted by atomic mass is 32.9. The normalized spacial score (nSPS) is 12.8. The van der Waals surface area contributed by atoms with Crippen LogP contribution in [0.3, 0.4) is 0 Å².